The Morgan fingerprint density at radius 3 is 0.901 bits per heavy atom. The van der Waals surface area contributed by atoms with Gasteiger partial charge in [-0.1, -0.05) is 120 Å². The van der Waals surface area contributed by atoms with Gasteiger partial charge < -0.3 is 29.2 Å². The zero-order chi connectivity index (χ0) is 54.1. The third-order valence-corrected chi connectivity index (χ3v) is 28.2. The minimum atomic E-state index is -2.77. The van der Waals surface area contributed by atoms with E-state index >= 15 is 0 Å². The van der Waals surface area contributed by atoms with Crippen molar-refractivity contribution in [1.29, 1.82) is 0 Å². The zero-order valence-electron chi connectivity index (χ0n) is 50.5. The summed E-state index contributed by atoms with van der Waals surface area (Å²) in [5, 5.41) is 9.53. The summed E-state index contributed by atoms with van der Waals surface area (Å²) < 4.78 is 18.6. The lowest BCUT2D eigenvalue weighted by Crippen LogP contribution is -2.51. The maximum atomic E-state index is 12.5. The first-order valence-electron chi connectivity index (χ1n) is 30.0. The lowest BCUT2D eigenvalue weighted by Gasteiger charge is -2.43. The molecule has 0 radical (unpaired) electrons. The Bertz CT molecular complexity index is 1360. The van der Waals surface area contributed by atoms with Crippen molar-refractivity contribution in [3.8, 4) is 0 Å². The molecular formula is C60H121N3O6Si2. The van der Waals surface area contributed by atoms with Gasteiger partial charge in [0, 0.05) is 61.7 Å². The summed E-state index contributed by atoms with van der Waals surface area (Å²) in [4.78, 5) is 37.0. The van der Waals surface area contributed by atoms with E-state index in [0.717, 1.165) is 135 Å². The van der Waals surface area contributed by atoms with Gasteiger partial charge in [-0.3, -0.25) is 14.4 Å². The van der Waals surface area contributed by atoms with Crippen molar-refractivity contribution in [3.05, 3.63) is 0 Å². The van der Waals surface area contributed by atoms with E-state index in [1.807, 2.05) is 41.5 Å². The number of hydrogen-bond donors (Lipinski definition) is 3. The number of nitrogens with one attached hydrogen (secondary N) is 3. The van der Waals surface area contributed by atoms with E-state index in [9.17, 15) is 14.4 Å². The van der Waals surface area contributed by atoms with Crippen molar-refractivity contribution in [2.75, 3.05) is 19.6 Å². The van der Waals surface area contributed by atoms with Crippen molar-refractivity contribution in [1.82, 2.24) is 16.0 Å². The molecule has 0 saturated heterocycles. The van der Waals surface area contributed by atoms with E-state index in [1.54, 1.807) is 0 Å². The summed E-state index contributed by atoms with van der Waals surface area (Å²) in [6.07, 6.45) is 18.2. The zero-order valence-corrected chi connectivity index (χ0v) is 52.5. The predicted octanol–water partition coefficient (Wildman–Crippen LogP) is 15.8. The molecule has 0 heterocycles. The SMILES string of the molecule is CC(C)C1CCC(C(=O)NCCC[Si](C(C)C)(C(C)C)C(C)C)CC1.CC(C)CCCNC(=O)C1CCC(C(C)C)CC1.CC(C)O[Si](CCCNC(=O)C1CCC(C(C)C)CC1)(OC(C)C)OC(C)C. The summed E-state index contributed by atoms with van der Waals surface area (Å²) in [5.41, 5.74) is 2.44. The van der Waals surface area contributed by atoms with E-state index in [0.29, 0.717) is 24.3 Å². The quantitative estimate of drug-likeness (QED) is 0.0558. The van der Waals surface area contributed by atoms with Crippen LogP contribution >= 0.6 is 0 Å². The third-order valence-electron chi connectivity index (χ3n) is 17.0. The van der Waals surface area contributed by atoms with Gasteiger partial charge in [0.15, 0.2) is 0 Å². The Labute approximate surface area is 443 Å². The van der Waals surface area contributed by atoms with Crippen LogP contribution in [0.15, 0.2) is 0 Å². The van der Waals surface area contributed by atoms with Gasteiger partial charge in [-0.05, 0) is 186 Å². The molecule has 3 aliphatic carbocycles. The highest BCUT2D eigenvalue weighted by Gasteiger charge is 2.44. The Morgan fingerprint density at radius 2 is 0.662 bits per heavy atom. The molecule has 3 fully saturated rings. The summed E-state index contributed by atoms with van der Waals surface area (Å²) in [5.74, 6) is 7.07. The highest BCUT2D eigenvalue weighted by molar-refractivity contribution is 6.83. The molecule has 3 saturated carbocycles. The topological polar surface area (TPSA) is 115 Å². The third kappa shape index (κ3) is 25.9. The molecule has 3 rings (SSSR count). The Balaban J connectivity index is 0.000000545. The van der Waals surface area contributed by atoms with E-state index in [1.165, 1.54) is 51.0 Å². The molecule has 0 aromatic rings. The lowest BCUT2D eigenvalue weighted by molar-refractivity contribution is -0.127. The largest absolute Gasteiger partial charge is 0.501 e. The Kier molecular flexibility index (Phi) is 33.5. The molecule has 9 nitrogen and oxygen atoms in total. The highest BCUT2D eigenvalue weighted by atomic mass is 28.4. The van der Waals surface area contributed by atoms with Crippen LogP contribution in [0.25, 0.3) is 0 Å². The first-order valence-corrected chi connectivity index (χ1v) is 34.4. The predicted molar refractivity (Wildman–Crippen MR) is 308 cm³/mol. The summed E-state index contributed by atoms with van der Waals surface area (Å²) in [6, 6.07) is 2.07. The second-order valence-corrected chi connectivity index (χ2v) is 34.7. The lowest BCUT2D eigenvalue weighted by atomic mass is 9.77. The van der Waals surface area contributed by atoms with Gasteiger partial charge in [0.05, 0.1) is 8.07 Å². The monoisotopic (exact) mass is 1040 g/mol. The van der Waals surface area contributed by atoms with Crippen molar-refractivity contribution in [3.63, 3.8) is 0 Å². The fourth-order valence-corrected chi connectivity index (χ4v) is 22.4. The number of rotatable bonds is 27. The van der Waals surface area contributed by atoms with Crippen molar-refractivity contribution in [2.45, 2.75) is 288 Å². The second kappa shape index (κ2) is 35.1. The normalized spacial score (nSPS) is 22.4. The standard InChI is InChI=1S/C22H45NO4Si.C22H45NOSi.C16H31NO/c1-16(2)20-10-12-21(13-11-20)22(24)23-14-9-15-28(25-17(3)4,26-18(5)6)27-19(7)8;1-16(2)20-10-12-21(13-11-20)22(24)23-14-9-15-25(17(3)4,18(5)6)19(7)8;1-12(2)6-5-11-17-16(18)15-9-7-14(8-10-15)13(3)4/h16-21H,9-15H2,1-8H3,(H,23,24);16-21H,9-15H2,1-8H3,(H,23,24);12-15H,5-11H2,1-4H3,(H,17,18). The smallest absolute Gasteiger partial charge is 0.371 e. The molecule has 0 aromatic heterocycles. The van der Waals surface area contributed by atoms with Crippen LogP contribution in [0.5, 0.6) is 0 Å². The fourth-order valence-electron chi connectivity index (χ4n) is 12.6. The van der Waals surface area contributed by atoms with Crippen LogP contribution in [-0.4, -0.2) is 72.5 Å². The molecule has 3 aliphatic rings. The molecule has 0 unspecified atom stereocenters. The first-order chi connectivity index (χ1) is 33.2. The van der Waals surface area contributed by atoms with Gasteiger partial charge in [-0.25, -0.2) is 0 Å². The molecule has 420 valence electrons. The van der Waals surface area contributed by atoms with Gasteiger partial charge in [-0.15, -0.1) is 0 Å². The molecule has 0 aliphatic heterocycles. The van der Waals surface area contributed by atoms with Crippen LogP contribution in [0.3, 0.4) is 0 Å². The number of hydrogen-bond acceptors (Lipinski definition) is 6. The molecule has 3 N–H and O–H groups in total. The van der Waals surface area contributed by atoms with E-state index in [4.69, 9.17) is 13.3 Å². The van der Waals surface area contributed by atoms with Gasteiger partial charge >= 0.3 is 8.80 Å². The van der Waals surface area contributed by atoms with Gasteiger partial charge in [0.2, 0.25) is 17.7 Å². The summed E-state index contributed by atoms with van der Waals surface area (Å²) >= 11 is 0. The summed E-state index contributed by atoms with van der Waals surface area (Å²) in [6.45, 7) is 47.4. The maximum absolute atomic E-state index is 12.5. The van der Waals surface area contributed by atoms with Crippen LogP contribution < -0.4 is 16.0 Å². The highest BCUT2D eigenvalue weighted by Crippen LogP contribution is 2.45. The minimum absolute atomic E-state index is 0.0508. The van der Waals surface area contributed by atoms with Crippen LogP contribution in [0, 0.1) is 59.2 Å². The average molecular weight is 1040 g/mol. The molecular weight excluding hydrogens is 915 g/mol. The number of carbonyl (C=O) groups is 3. The molecule has 0 bridgehead atoms. The van der Waals surface area contributed by atoms with Gasteiger partial charge in [-0.2, -0.15) is 0 Å². The van der Waals surface area contributed by atoms with Crippen molar-refractivity contribution < 1.29 is 27.7 Å². The van der Waals surface area contributed by atoms with E-state index < -0.39 is 16.9 Å². The first kappa shape index (κ1) is 67.7. The van der Waals surface area contributed by atoms with Crippen LogP contribution in [0.1, 0.15) is 241 Å². The Morgan fingerprint density at radius 1 is 0.394 bits per heavy atom. The molecule has 11 heteroatoms. The van der Waals surface area contributed by atoms with Gasteiger partial charge in [0.1, 0.15) is 0 Å². The fraction of sp³-hybridized carbons (Fsp3) is 0.950. The average Bonchev–Trinajstić information content (AvgIpc) is 3.28. The van der Waals surface area contributed by atoms with E-state index in [2.05, 4.69) is 113 Å². The van der Waals surface area contributed by atoms with Crippen molar-refractivity contribution >= 4 is 34.6 Å². The minimum Gasteiger partial charge on any atom is -0.371 e. The number of amides is 3. The van der Waals surface area contributed by atoms with Crippen LogP contribution in [0.4, 0.5) is 0 Å². The van der Waals surface area contributed by atoms with Crippen LogP contribution in [0.2, 0.25) is 28.7 Å². The second-order valence-electron chi connectivity index (χ2n) is 25.9. The molecule has 0 spiro atoms. The maximum Gasteiger partial charge on any atom is 0.501 e. The molecule has 71 heavy (non-hydrogen) atoms. The van der Waals surface area contributed by atoms with E-state index in [-0.39, 0.29) is 36.1 Å². The molecule has 0 aromatic carbocycles. The molecule has 0 atom stereocenters. The number of carbonyl (C=O) groups excluding carboxylic acids is 3. The van der Waals surface area contributed by atoms with Crippen LogP contribution in [-0.2, 0) is 27.7 Å². The van der Waals surface area contributed by atoms with Gasteiger partial charge in [0.25, 0.3) is 0 Å². The van der Waals surface area contributed by atoms with Crippen molar-refractivity contribution in [2.24, 2.45) is 59.2 Å². The Hall–Kier alpha value is -1.28. The molecule has 3 amide bonds. The summed E-state index contributed by atoms with van der Waals surface area (Å²) in [7, 11) is -4.08.